The number of nitrogens with zero attached hydrogens (tertiary/aromatic N) is 4. The van der Waals surface area contributed by atoms with Crippen LogP contribution in [-0.2, 0) is 0 Å². The van der Waals surface area contributed by atoms with E-state index in [1.165, 1.54) is 0 Å². The van der Waals surface area contributed by atoms with E-state index in [9.17, 15) is 9.59 Å². The van der Waals surface area contributed by atoms with Gasteiger partial charge in [-0.2, -0.15) is 0 Å². The lowest BCUT2D eigenvalue weighted by atomic mass is 10.0. The minimum atomic E-state index is -0.300. The summed E-state index contributed by atoms with van der Waals surface area (Å²) in [5, 5.41) is 3.07. The third-order valence-corrected chi connectivity index (χ3v) is 9.47. The summed E-state index contributed by atoms with van der Waals surface area (Å²) in [5.41, 5.74) is 7.86. The van der Waals surface area contributed by atoms with Gasteiger partial charge in [0.1, 0.15) is 5.82 Å². The first-order chi connectivity index (χ1) is 23.1. The van der Waals surface area contributed by atoms with E-state index in [0.717, 1.165) is 55.4 Å². The lowest BCUT2D eigenvalue weighted by Crippen LogP contribution is -2.24. The normalized spacial score (nSPS) is 14.0. The zero-order chi connectivity index (χ0) is 33.4. The van der Waals surface area contributed by atoms with Crippen LogP contribution in [0.25, 0.3) is 21.8 Å². The van der Waals surface area contributed by atoms with Crippen LogP contribution in [0.2, 0.25) is 10.0 Å². The minimum absolute atomic E-state index is 0.101. The molecule has 0 fully saturated rings. The van der Waals surface area contributed by atoms with Gasteiger partial charge in [-0.05, 0) is 121 Å². The number of ketones is 2. The second kappa shape index (κ2) is 11.2. The molecule has 0 unspecified atom stereocenters. The van der Waals surface area contributed by atoms with Gasteiger partial charge in [0.05, 0.1) is 28.0 Å². The van der Waals surface area contributed by atoms with Gasteiger partial charge in [-0.3, -0.25) is 19.4 Å². The highest BCUT2D eigenvalue weighted by Gasteiger charge is 2.40. The Morgan fingerprint density at radius 2 is 0.958 bits per heavy atom. The Balaban J connectivity index is 1.41. The number of carbonyl (C=O) groups is 2. The molecule has 2 heterocycles. The molecule has 5 aromatic carbocycles. The molecule has 0 amide bonds. The van der Waals surface area contributed by atoms with E-state index in [4.69, 9.17) is 33.2 Å². The number of rotatable bonds is 3. The smallest absolute Gasteiger partial charge is 0.197 e. The summed E-state index contributed by atoms with van der Waals surface area (Å²) in [6, 6.07) is 26.8. The molecule has 234 valence electrons. The van der Waals surface area contributed by atoms with Crippen molar-refractivity contribution in [3.05, 3.63) is 152 Å². The van der Waals surface area contributed by atoms with Crippen molar-refractivity contribution in [2.45, 2.75) is 27.7 Å². The molecule has 0 atom stereocenters. The number of carbonyl (C=O) groups excluding carboxylic acids is 2. The summed E-state index contributed by atoms with van der Waals surface area (Å²) in [6.07, 6.45) is 3.46. The highest BCUT2D eigenvalue weighted by atomic mass is 35.5. The number of fused-ring (bicyclic) bond motifs is 4. The number of benzene rings is 5. The first-order valence-electron chi connectivity index (χ1n) is 15.6. The Morgan fingerprint density at radius 3 is 1.38 bits per heavy atom. The molecule has 0 spiro atoms. The maximum absolute atomic E-state index is 13.8. The average molecular weight is 668 g/mol. The summed E-state index contributed by atoms with van der Waals surface area (Å²) < 4.78 is 0. The Labute approximate surface area is 287 Å². The van der Waals surface area contributed by atoms with Gasteiger partial charge in [-0.15, -0.1) is 0 Å². The van der Waals surface area contributed by atoms with E-state index in [1.807, 2.05) is 128 Å². The fourth-order valence-electron chi connectivity index (χ4n) is 7.02. The number of hydrogen-bond acceptors (Lipinski definition) is 6. The topological polar surface area (TPSA) is 66.4 Å². The van der Waals surface area contributed by atoms with E-state index >= 15 is 0 Å². The molecule has 0 radical (unpaired) electrons. The largest absolute Gasteiger partial charge is 0.288 e. The number of Topliss-reactive ketones (excluding diaryl/α,β-unsaturated/α-hetero) is 2. The Hall–Kier alpha value is -5.30. The van der Waals surface area contributed by atoms with Crippen LogP contribution in [0.5, 0.6) is 0 Å². The number of hydrogen-bond donors (Lipinski definition) is 0. The zero-order valence-corrected chi connectivity index (χ0v) is 28.1. The third-order valence-electron chi connectivity index (χ3n) is 9.04. The quantitative estimate of drug-likeness (QED) is 0.138. The molecule has 0 N–H and O–H groups in total. The molecule has 0 saturated heterocycles. The van der Waals surface area contributed by atoms with Crippen molar-refractivity contribution in [3.63, 3.8) is 0 Å². The molecule has 8 heteroatoms. The summed E-state index contributed by atoms with van der Waals surface area (Å²) in [5.74, 6) is 1.27. The second-order valence-corrected chi connectivity index (χ2v) is 13.2. The number of aromatic nitrogens is 2. The van der Waals surface area contributed by atoms with Crippen LogP contribution < -0.4 is 9.80 Å². The molecule has 2 aliphatic rings. The average Bonchev–Trinajstić information content (AvgIpc) is 3.46. The van der Waals surface area contributed by atoms with Crippen molar-refractivity contribution in [2.75, 3.05) is 9.80 Å². The van der Waals surface area contributed by atoms with Crippen molar-refractivity contribution in [1.82, 2.24) is 9.97 Å². The first-order valence-corrected chi connectivity index (χ1v) is 16.3. The summed E-state index contributed by atoms with van der Waals surface area (Å²) in [4.78, 5) is 42.1. The Morgan fingerprint density at radius 1 is 0.562 bits per heavy atom. The van der Waals surface area contributed by atoms with Crippen LogP contribution in [-0.4, -0.2) is 21.5 Å². The fourth-order valence-corrected chi connectivity index (χ4v) is 7.67. The number of halogens is 2. The lowest BCUT2D eigenvalue weighted by molar-refractivity contribution is 0.0988. The van der Waals surface area contributed by atoms with Crippen LogP contribution in [0, 0.1) is 27.7 Å². The van der Waals surface area contributed by atoms with E-state index in [1.54, 1.807) is 6.08 Å². The number of para-hydroxylation sites is 2. The lowest BCUT2D eigenvalue weighted by Gasteiger charge is -2.29. The van der Waals surface area contributed by atoms with Crippen LogP contribution in [0.15, 0.2) is 108 Å². The minimum Gasteiger partial charge on any atom is -0.288 e. The van der Waals surface area contributed by atoms with Crippen molar-refractivity contribution >= 4 is 79.6 Å². The van der Waals surface area contributed by atoms with Crippen LogP contribution in [0.1, 0.15) is 43.0 Å². The van der Waals surface area contributed by atoms with Gasteiger partial charge in [0.15, 0.2) is 23.2 Å². The maximum Gasteiger partial charge on any atom is 0.197 e. The predicted octanol–water partition coefficient (Wildman–Crippen LogP) is 10.5. The summed E-state index contributed by atoms with van der Waals surface area (Å²) in [6.45, 7) is 8.02. The molecule has 48 heavy (non-hydrogen) atoms. The Kier molecular flexibility index (Phi) is 6.98. The first kappa shape index (κ1) is 30.1. The van der Waals surface area contributed by atoms with Crippen molar-refractivity contribution in [3.8, 4) is 0 Å². The van der Waals surface area contributed by atoms with Crippen LogP contribution >= 0.6 is 23.2 Å². The number of anilines is 4. The fraction of sp³-hybridized carbons (Fsp3) is 0.100. The van der Waals surface area contributed by atoms with Gasteiger partial charge in [-0.25, -0.2) is 9.97 Å². The van der Waals surface area contributed by atoms with Crippen molar-refractivity contribution in [1.29, 1.82) is 0 Å². The second-order valence-electron chi connectivity index (χ2n) is 12.3. The molecular weight excluding hydrogens is 639 g/mol. The van der Waals surface area contributed by atoms with Gasteiger partial charge in [-0.1, -0.05) is 59.6 Å². The van der Waals surface area contributed by atoms with Crippen LogP contribution in [0.3, 0.4) is 0 Å². The van der Waals surface area contributed by atoms with E-state index in [2.05, 4.69) is 0 Å². The summed E-state index contributed by atoms with van der Waals surface area (Å²) >= 11 is 13.0. The molecule has 8 rings (SSSR count). The number of aryl methyl sites for hydroxylation is 4. The highest BCUT2D eigenvalue weighted by molar-refractivity contribution is 6.40. The van der Waals surface area contributed by atoms with Crippen molar-refractivity contribution in [2.24, 2.45) is 0 Å². The van der Waals surface area contributed by atoms with Gasteiger partial charge in [0, 0.05) is 21.2 Å². The van der Waals surface area contributed by atoms with Crippen molar-refractivity contribution < 1.29 is 9.59 Å². The molecule has 0 bridgehead atoms. The molecule has 1 aromatic heterocycles. The molecule has 6 aromatic rings. The monoisotopic (exact) mass is 666 g/mol. The van der Waals surface area contributed by atoms with E-state index in [-0.39, 0.29) is 17.1 Å². The van der Waals surface area contributed by atoms with Gasteiger partial charge in [0.2, 0.25) is 0 Å². The SMILES string of the molecule is Cc1cc(Cl)cc(C)c1N1C(=CC=C2C(=O)c3cc4ccccc4cc3C2=O)N(c2c(C)cc(Cl)cc2C)c2nc3ccccc3nc21. The van der Waals surface area contributed by atoms with Gasteiger partial charge < -0.3 is 0 Å². The van der Waals surface area contributed by atoms with E-state index in [0.29, 0.717) is 38.6 Å². The van der Waals surface area contributed by atoms with Gasteiger partial charge >= 0.3 is 0 Å². The Bertz CT molecular complexity index is 2270. The predicted molar refractivity (Wildman–Crippen MR) is 194 cm³/mol. The standard InChI is InChI=1S/C40H28Cl2N4O2/c1-21-15-27(41)16-22(2)35(21)45-34(14-13-29-37(47)30-19-25-9-5-6-10-26(25)20-31(30)38(29)48)46(36-23(3)17-28(42)18-24(36)4)40-39(45)43-32-11-7-8-12-33(32)44-40/h5-20H,1-4H3. The summed E-state index contributed by atoms with van der Waals surface area (Å²) in [7, 11) is 0. The van der Waals surface area contributed by atoms with Gasteiger partial charge in [0.25, 0.3) is 0 Å². The van der Waals surface area contributed by atoms with E-state index < -0.39 is 0 Å². The molecule has 0 saturated carbocycles. The maximum atomic E-state index is 13.8. The zero-order valence-electron chi connectivity index (χ0n) is 26.6. The molecule has 6 nitrogen and oxygen atoms in total. The molecule has 1 aliphatic carbocycles. The third kappa shape index (κ3) is 4.63. The number of allylic oxidation sites excluding steroid dienone is 3. The highest BCUT2D eigenvalue weighted by Crippen LogP contribution is 2.51. The van der Waals surface area contributed by atoms with Crippen LogP contribution in [0.4, 0.5) is 23.0 Å². The molecular formula is C40H28Cl2N4O2. The molecule has 1 aliphatic heterocycles.